The van der Waals surface area contributed by atoms with E-state index in [2.05, 4.69) is 39.3 Å². The van der Waals surface area contributed by atoms with Crippen molar-refractivity contribution in [3.8, 4) is 11.3 Å². The molecule has 0 atom stereocenters. The molecule has 1 aromatic heterocycles. The Hall–Kier alpha value is -4.28. The number of pyridine rings is 1. The van der Waals surface area contributed by atoms with Gasteiger partial charge in [-0.15, -0.1) is 0 Å². The number of rotatable bonds is 11. The minimum absolute atomic E-state index is 0.133. The number of carbonyl (C=O) groups is 3. The largest absolute Gasteiger partial charge is 0.372 e. The molecule has 1 aliphatic heterocycles. The molecular weight excluding hydrogens is 518 g/mol. The number of carbonyl (C=O) groups excluding carboxylic acids is 3. The van der Waals surface area contributed by atoms with E-state index in [1.54, 1.807) is 48.3 Å². The number of nitrogens with zero attached hydrogens (tertiary/aromatic N) is 4. The molecule has 4 rings (SSSR count). The first-order valence-corrected chi connectivity index (χ1v) is 14.1. The number of benzene rings is 2. The molecule has 4 N–H and O–H groups in total. The van der Waals surface area contributed by atoms with Crippen LogP contribution in [-0.4, -0.2) is 91.9 Å². The molecule has 41 heavy (non-hydrogen) atoms. The summed E-state index contributed by atoms with van der Waals surface area (Å²) in [6.07, 6.45) is 1.53. The van der Waals surface area contributed by atoms with Gasteiger partial charge in [-0.2, -0.15) is 0 Å². The molecule has 0 bridgehead atoms. The molecule has 0 spiro atoms. The molecule has 3 aromatic rings. The van der Waals surface area contributed by atoms with Crippen LogP contribution >= 0.6 is 0 Å². The first-order valence-electron chi connectivity index (χ1n) is 14.1. The maximum absolute atomic E-state index is 13.4. The zero-order chi connectivity index (χ0) is 29.4. The van der Waals surface area contributed by atoms with Crippen LogP contribution in [0.25, 0.3) is 11.3 Å². The van der Waals surface area contributed by atoms with Crippen LogP contribution in [0.5, 0.6) is 0 Å². The zero-order valence-electron chi connectivity index (χ0n) is 24.0. The lowest BCUT2D eigenvalue weighted by Gasteiger charge is -2.29. The molecule has 3 amide bonds. The SMILES string of the molecule is CCN(CC)c1ccc(NC(=O)c2cccc(C(=O)N(C)CCN3CCNCC3)c2)c(-c2cc(C(N)=O)ccn2)c1. The normalized spacial score (nSPS) is 13.4. The van der Waals surface area contributed by atoms with E-state index in [0.29, 0.717) is 40.2 Å². The van der Waals surface area contributed by atoms with Crippen molar-refractivity contribution < 1.29 is 14.4 Å². The Morgan fingerprint density at radius 2 is 1.71 bits per heavy atom. The Kier molecular flexibility index (Phi) is 10.0. The van der Waals surface area contributed by atoms with E-state index in [-0.39, 0.29) is 11.8 Å². The maximum atomic E-state index is 13.4. The van der Waals surface area contributed by atoms with E-state index in [0.717, 1.165) is 51.5 Å². The third kappa shape index (κ3) is 7.47. The molecule has 1 fully saturated rings. The quantitative estimate of drug-likeness (QED) is 0.331. The van der Waals surface area contributed by atoms with Crippen molar-refractivity contribution in [2.45, 2.75) is 13.8 Å². The highest BCUT2D eigenvalue weighted by atomic mass is 16.2. The predicted molar refractivity (Wildman–Crippen MR) is 162 cm³/mol. The number of hydrogen-bond donors (Lipinski definition) is 3. The summed E-state index contributed by atoms with van der Waals surface area (Å²) >= 11 is 0. The summed E-state index contributed by atoms with van der Waals surface area (Å²) in [6.45, 7) is 11.0. The molecule has 1 aliphatic rings. The minimum atomic E-state index is -0.557. The fourth-order valence-corrected chi connectivity index (χ4v) is 4.91. The average molecular weight is 558 g/mol. The molecule has 0 aliphatic carbocycles. The second kappa shape index (κ2) is 13.9. The molecule has 0 saturated carbocycles. The van der Waals surface area contributed by atoms with Gasteiger partial charge < -0.3 is 26.2 Å². The molecule has 0 unspecified atom stereocenters. The van der Waals surface area contributed by atoms with E-state index in [1.165, 1.54) is 6.20 Å². The highest BCUT2D eigenvalue weighted by Gasteiger charge is 2.18. The van der Waals surface area contributed by atoms with Gasteiger partial charge in [-0.1, -0.05) is 6.07 Å². The second-order valence-corrected chi connectivity index (χ2v) is 10.0. The lowest BCUT2D eigenvalue weighted by atomic mass is 10.0. The topological polar surface area (TPSA) is 124 Å². The van der Waals surface area contributed by atoms with Crippen molar-refractivity contribution in [1.29, 1.82) is 0 Å². The highest BCUT2D eigenvalue weighted by molar-refractivity contribution is 6.08. The Morgan fingerprint density at radius 1 is 0.976 bits per heavy atom. The lowest BCUT2D eigenvalue weighted by molar-refractivity contribution is 0.0774. The molecule has 1 saturated heterocycles. The van der Waals surface area contributed by atoms with Crippen LogP contribution in [0.3, 0.4) is 0 Å². The van der Waals surface area contributed by atoms with Crippen LogP contribution in [0, 0.1) is 0 Å². The number of hydrogen-bond acceptors (Lipinski definition) is 7. The van der Waals surface area contributed by atoms with Gasteiger partial charge in [0.05, 0.1) is 11.4 Å². The number of likely N-dealkylation sites (N-methyl/N-ethyl adjacent to an activating group) is 1. The van der Waals surface area contributed by atoms with Crippen LogP contribution in [0.1, 0.15) is 44.9 Å². The number of aromatic nitrogens is 1. The summed E-state index contributed by atoms with van der Waals surface area (Å²) in [5.41, 5.74) is 9.32. The van der Waals surface area contributed by atoms with Gasteiger partial charge in [0.15, 0.2) is 0 Å². The van der Waals surface area contributed by atoms with Crippen molar-refractivity contribution >= 4 is 29.1 Å². The molecule has 10 heteroatoms. The van der Waals surface area contributed by atoms with E-state index >= 15 is 0 Å². The number of piperazine rings is 1. The molecule has 216 valence electrons. The Bertz CT molecular complexity index is 1380. The van der Waals surface area contributed by atoms with Crippen molar-refractivity contribution in [3.05, 3.63) is 77.5 Å². The van der Waals surface area contributed by atoms with Crippen LogP contribution in [0.4, 0.5) is 11.4 Å². The molecule has 10 nitrogen and oxygen atoms in total. The third-order valence-corrected chi connectivity index (χ3v) is 7.38. The summed E-state index contributed by atoms with van der Waals surface area (Å²) in [7, 11) is 1.79. The molecular formula is C31H39N7O3. The average Bonchev–Trinajstić information content (AvgIpc) is 3.01. The number of amides is 3. The summed E-state index contributed by atoms with van der Waals surface area (Å²) < 4.78 is 0. The van der Waals surface area contributed by atoms with Crippen molar-refractivity contribution in [2.24, 2.45) is 5.73 Å². The smallest absolute Gasteiger partial charge is 0.255 e. The summed E-state index contributed by atoms with van der Waals surface area (Å²) in [5.74, 6) is -1.05. The van der Waals surface area contributed by atoms with Crippen LogP contribution in [-0.2, 0) is 0 Å². The van der Waals surface area contributed by atoms with Crippen molar-refractivity contribution in [1.82, 2.24) is 20.1 Å². The summed E-state index contributed by atoms with van der Waals surface area (Å²) in [5, 5.41) is 6.32. The predicted octanol–water partition coefficient (Wildman–Crippen LogP) is 2.92. The fraction of sp³-hybridized carbons (Fsp3) is 0.355. The molecule has 2 aromatic carbocycles. The van der Waals surface area contributed by atoms with Gasteiger partial charge in [-0.3, -0.25) is 24.3 Å². The first kappa shape index (κ1) is 29.7. The van der Waals surface area contributed by atoms with Crippen LogP contribution in [0.15, 0.2) is 60.8 Å². The Balaban J connectivity index is 1.56. The highest BCUT2D eigenvalue weighted by Crippen LogP contribution is 2.32. The zero-order valence-corrected chi connectivity index (χ0v) is 24.0. The second-order valence-electron chi connectivity index (χ2n) is 10.0. The van der Waals surface area contributed by atoms with Crippen molar-refractivity contribution in [2.75, 3.05) is 69.6 Å². The van der Waals surface area contributed by atoms with E-state index in [9.17, 15) is 14.4 Å². The Morgan fingerprint density at radius 3 is 2.41 bits per heavy atom. The third-order valence-electron chi connectivity index (χ3n) is 7.38. The standard InChI is InChI=1S/C31H39N7O3/c1-4-38(5-2)25-9-10-27(26(21-25)28-20-22(29(32)39)11-12-34-28)35-30(40)23-7-6-8-24(19-23)31(41)36(3)17-18-37-15-13-33-14-16-37/h6-12,19-21,33H,4-5,13-18H2,1-3H3,(H2,32,39)(H,35,40). The van der Waals surface area contributed by atoms with E-state index < -0.39 is 5.91 Å². The van der Waals surface area contributed by atoms with Gasteiger partial charge in [0.25, 0.3) is 11.8 Å². The first-order chi connectivity index (χ1) is 19.8. The van der Waals surface area contributed by atoms with E-state index in [1.807, 2.05) is 18.2 Å². The van der Waals surface area contributed by atoms with E-state index in [4.69, 9.17) is 5.73 Å². The van der Waals surface area contributed by atoms with Crippen LogP contribution < -0.4 is 21.3 Å². The minimum Gasteiger partial charge on any atom is -0.372 e. The van der Waals surface area contributed by atoms with Crippen molar-refractivity contribution in [3.63, 3.8) is 0 Å². The number of nitrogens with two attached hydrogens (primary N) is 1. The van der Waals surface area contributed by atoms with Crippen LogP contribution in [0.2, 0.25) is 0 Å². The monoisotopic (exact) mass is 557 g/mol. The number of anilines is 2. The summed E-state index contributed by atoms with van der Waals surface area (Å²) in [4.78, 5) is 49.1. The van der Waals surface area contributed by atoms with Gasteiger partial charge >= 0.3 is 0 Å². The van der Waals surface area contributed by atoms with Gasteiger partial charge in [-0.05, 0) is 62.4 Å². The number of nitrogens with one attached hydrogen (secondary N) is 2. The number of primary amides is 1. The van der Waals surface area contributed by atoms with Gasteiger partial charge in [0.2, 0.25) is 5.91 Å². The lowest BCUT2D eigenvalue weighted by Crippen LogP contribution is -2.46. The Labute approximate surface area is 241 Å². The van der Waals surface area contributed by atoms with Gasteiger partial charge in [-0.25, -0.2) is 0 Å². The fourth-order valence-electron chi connectivity index (χ4n) is 4.91. The maximum Gasteiger partial charge on any atom is 0.255 e. The van der Waals surface area contributed by atoms with Gasteiger partial charge in [0.1, 0.15) is 0 Å². The molecule has 2 heterocycles. The molecule has 0 radical (unpaired) electrons. The van der Waals surface area contributed by atoms with Gasteiger partial charge in [0, 0.05) is 93.5 Å². The summed E-state index contributed by atoms with van der Waals surface area (Å²) in [6, 6.07) is 15.6.